The first-order chi connectivity index (χ1) is 8.86. The summed E-state index contributed by atoms with van der Waals surface area (Å²) in [7, 11) is 0. The third kappa shape index (κ3) is 3.46. The van der Waals surface area contributed by atoms with Crippen LogP contribution in [0.5, 0.6) is 0 Å². The Balaban J connectivity index is 2.01. The smallest absolute Gasteiger partial charge is 0.0964 e. The van der Waals surface area contributed by atoms with E-state index in [0.29, 0.717) is 6.04 Å². The monoisotopic (exact) mass is 255 g/mol. The van der Waals surface area contributed by atoms with Crippen LogP contribution in [0.15, 0.2) is 0 Å². The first-order valence-electron chi connectivity index (χ1n) is 7.79. The summed E-state index contributed by atoms with van der Waals surface area (Å²) in [5.41, 5.74) is 0. The fourth-order valence-electron chi connectivity index (χ4n) is 3.72. The van der Waals surface area contributed by atoms with E-state index in [1.807, 2.05) is 0 Å². The van der Waals surface area contributed by atoms with Gasteiger partial charge in [-0.2, -0.15) is 0 Å². The van der Waals surface area contributed by atoms with Crippen molar-refractivity contribution in [2.75, 3.05) is 26.4 Å². The summed E-state index contributed by atoms with van der Waals surface area (Å²) in [6.07, 6.45) is 7.12. The van der Waals surface area contributed by atoms with Crippen LogP contribution in [0.3, 0.4) is 0 Å². The lowest BCUT2D eigenvalue weighted by molar-refractivity contribution is -0.114. The predicted molar refractivity (Wildman–Crippen MR) is 73.8 cm³/mol. The highest BCUT2D eigenvalue weighted by Gasteiger charge is 2.36. The Labute approximate surface area is 112 Å². The van der Waals surface area contributed by atoms with Gasteiger partial charge in [0.25, 0.3) is 0 Å². The molecule has 0 aromatic carbocycles. The van der Waals surface area contributed by atoms with Crippen LogP contribution in [0.1, 0.15) is 46.0 Å². The van der Waals surface area contributed by atoms with E-state index >= 15 is 0 Å². The zero-order valence-electron chi connectivity index (χ0n) is 12.0. The second kappa shape index (κ2) is 7.46. The lowest BCUT2D eigenvalue weighted by Crippen LogP contribution is -2.53. The highest BCUT2D eigenvalue weighted by atomic mass is 16.6. The standard InChI is InChI=1S/C15H29NO2/c1-3-12-7-5-6-8-13(12)15(16-4-2)14-11-17-9-10-18-14/h12-16H,3-11H2,1-2H3. The van der Waals surface area contributed by atoms with Crippen LogP contribution in [-0.2, 0) is 9.47 Å². The molecule has 3 heteroatoms. The van der Waals surface area contributed by atoms with Crippen molar-refractivity contribution >= 4 is 0 Å². The van der Waals surface area contributed by atoms with Gasteiger partial charge in [-0.3, -0.25) is 0 Å². The molecule has 2 fully saturated rings. The lowest BCUT2D eigenvalue weighted by atomic mass is 9.72. The zero-order valence-corrected chi connectivity index (χ0v) is 12.0. The van der Waals surface area contributed by atoms with Crippen molar-refractivity contribution in [1.29, 1.82) is 0 Å². The van der Waals surface area contributed by atoms with Crippen LogP contribution in [0.4, 0.5) is 0 Å². The Morgan fingerprint density at radius 3 is 2.67 bits per heavy atom. The summed E-state index contributed by atoms with van der Waals surface area (Å²) in [4.78, 5) is 0. The van der Waals surface area contributed by atoms with Gasteiger partial charge < -0.3 is 14.8 Å². The summed E-state index contributed by atoms with van der Waals surface area (Å²) in [6.45, 7) is 7.85. The molecule has 0 aromatic heterocycles. The van der Waals surface area contributed by atoms with Gasteiger partial charge in [0.1, 0.15) is 0 Å². The minimum absolute atomic E-state index is 0.260. The average molecular weight is 255 g/mol. The lowest BCUT2D eigenvalue weighted by Gasteiger charge is -2.41. The van der Waals surface area contributed by atoms with Crippen LogP contribution in [0, 0.1) is 11.8 Å². The van der Waals surface area contributed by atoms with Gasteiger partial charge in [0.15, 0.2) is 0 Å². The summed E-state index contributed by atoms with van der Waals surface area (Å²) in [6, 6.07) is 0.487. The average Bonchev–Trinajstić information content (AvgIpc) is 2.46. The normalized spacial score (nSPS) is 35.3. The van der Waals surface area contributed by atoms with Crippen LogP contribution >= 0.6 is 0 Å². The molecular weight excluding hydrogens is 226 g/mol. The molecular formula is C15H29NO2. The zero-order chi connectivity index (χ0) is 12.8. The summed E-state index contributed by atoms with van der Waals surface area (Å²) in [5.74, 6) is 1.64. The van der Waals surface area contributed by atoms with Crippen molar-refractivity contribution in [1.82, 2.24) is 5.32 Å². The van der Waals surface area contributed by atoms with E-state index in [0.717, 1.165) is 38.2 Å². The summed E-state index contributed by atoms with van der Waals surface area (Å²) >= 11 is 0. The first kappa shape index (κ1) is 14.3. The van der Waals surface area contributed by atoms with Crippen LogP contribution in [-0.4, -0.2) is 38.5 Å². The maximum atomic E-state index is 5.95. The maximum Gasteiger partial charge on any atom is 0.0964 e. The van der Waals surface area contributed by atoms with E-state index in [4.69, 9.17) is 9.47 Å². The Kier molecular flexibility index (Phi) is 5.93. The predicted octanol–water partition coefficient (Wildman–Crippen LogP) is 2.60. The second-order valence-corrected chi connectivity index (χ2v) is 5.68. The summed E-state index contributed by atoms with van der Waals surface area (Å²) in [5, 5.41) is 3.68. The van der Waals surface area contributed by atoms with E-state index in [1.165, 1.54) is 32.1 Å². The van der Waals surface area contributed by atoms with Gasteiger partial charge in [0, 0.05) is 6.04 Å². The van der Waals surface area contributed by atoms with Gasteiger partial charge >= 0.3 is 0 Å². The molecule has 106 valence electrons. The van der Waals surface area contributed by atoms with E-state index in [-0.39, 0.29) is 6.10 Å². The van der Waals surface area contributed by atoms with E-state index < -0.39 is 0 Å². The topological polar surface area (TPSA) is 30.5 Å². The number of rotatable bonds is 5. The molecule has 18 heavy (non-hydrogen) atoms. The molecule has 0 amide bonds. The highest BCUT2D eigenvalue weighted by molar-refractivity contribution is 4.90. The first-order valence-corrected chi connectivity index (χ1v) is 7.79. The SMILES string of the molecule is CCNC(C1COCCO1)C1CCCCC1CC. The molecule has 3 nitrogen and oxygen atoms in total. The quantitative estimate of drug-likeness (QED) is 0.819. The van der Waals surface area contributed by atoms with E-state index in [1.54, 1.807) is 0 Å². The maximum absolute atomic E-state index is 5.95. The van der Waals surface area contributed by atoms with Gasteiger partial charge in [-0.05, 0) is 24.8 Å². The third-order valence-electron chi connectivity index (χ3n) is 4.64. The van der Waals surface area contributed by atoms with Gasteiger partial charge in [0.05, 0.1) is 25.9 Å². The molecule has 4 unspecified atom stereocenters. The van der Waals surface area contributed by atoms with Crippen molar-refractivity contribution in [3.8, 4) is 0 Å². The van der Waals surface area contributed by atoms with Crippen molar-refractivity contribution in [3.63, 3.8) is 0 Å². The Morgan fingerprint density at radius 2 is 2.00 bits per heavy atom. The fraction of sp³-hybridized carbons (Fsp3) is 1.00. The molecule has 1 aliphatic heterocycles. The van der Waals surface area contributed by atoms with Crippen molar-refractivity contribution in [2.45, 2.75) is 58.1 Å². The molecule has 1 saturated heterocycles. The van der Waals surface area contributed by atoms with Crippen molar-refractivity contribution in [2.24, 2.45) is 11.8 Å². The Hall–Kier alpha value is -0.120. The third-order valence-corrected chi connectivity index (χ3v) is 4.64. The van der Waals surface area contributed by atoms with Crippen molar-refractivity contribution in [3.05, 3.63) is 0 Å². The molecule has 0 radical (unpaired) electrons. The Bertz CT molecular complexity index is 229. The molecule has 2 aliphatic rings. The fourth-order valence-corrected chi connectivity index (χ4v) is 3.72. The Morgan fingerprint density at radius 1 is 1.17 bits per heavy atom. The second-order valence-electron chi connectivity index (χ2n) is 5.68. The molecule has 1 aliphatic carbocycles. The van der Waals surface area contributed by atoms with Crippen LogP contribution in [0.25, 0.3) is 0 Å². The van der Waals surface area contributed by atoms with Gasteiger partial charge in [-0.15, -0.1) is 0 Å². The minimum Gasteiger partial charge on any atom is -0.376 e. The molecule has 0 spiro atoms. The molecule has 1 saturated carbocycles. The molecule has 2 rings (SSSR count). The largest absolute Gasteiger partial charge is 0.376 e. The molecule has 1 N–H and O–H groups in total. The number of hydrogen-bond donors (Lipinski definition) is 1. The van der Waals surface area contributed by atoms with E-state index in [2.05, 4.69) is 19.2 Å². The number of hydrogen-bond acceptors (Lipinski definition) is 3. The van der Waals surface area contributed by atoms with Crippen LogP contribution in [0.2, 0.25) is 0 Å². The highest BCUT2D eigenvalue weighted by Crippen LogP contribution is 2.36. The number of nitrogens with one attached hydrogen (secondary N) is 1. The molecule has 1 heterocycles. The summed E-state index contributed by atoms with van der Waals surface area (Å²) < 4.78 is 11.6. The van der Waals surface area contributed by atoms with Gasteiger partial charge in [-0.25, -0.2) is 0 Å². The van der Waals surface area contributed by atoms with Crippen LogP contribution < -0.4 is 5.32 Å². The van der Waals surface area contributed by atoms with Gasteiger partial charge in [-0.1, -0.05) is 39.5 Å². The van der Waals surface area contributed by atoms with Crippen molar-refractivity contribution < 1.29 is 9.47 Å². The molecule has 4 atom stereocenters. The molecule has 0 aromatic rings. The minimum atomic E-state index is 0.260. The van der Waals surface area contributed by atoms with Gasteiger partial charge in [0.2, 0.25) is 0 Å². The van der Waals surface area contributed by atoms with E-state index in [9.17, 15) is 0 Å². The molecule has 0 bridgehead atoms. The number of ether oxygens (including phenoxy) is 2. The number of likely N-dealkylation sites (N-methyl/N-ethyl adjacent to an activating group) is 1.